The van der Waals surface area contributed by atoms with E-state index in [4.69, 9.17) is 5.26 Å². The summed E-state index contributed by atoms with van der Waals surface area (Å²) in [7, 11) is 0. The Bertz CT molecular complexity index is 615. The molecule has 1 aliphatic rings. The van der Waals surface area contributed by atoms with Crippen LogP contribution in [0.25, 0.3) is 0 Å². The van der Waals surface area contributed by atoms with E-state index in [9.17, 15) is 0 Å². The first kappa shape index (κ1) is 12.6. The monoisotopic (exact) mass is 264 g/mol. The maximum absolute atomic E-state index is 8.77. The molecule has 100 valence electrons. The largest absolute Gasteiger partial charge is 0.352 e. The van der Waals surface area contributed by atoms with Crippen LogP contribution in [0.15, 0.2) is 42.5 Å². The number of aromatic nitrogens is 2. The summed E-state index contributed by atoms with van der Waals surface area (Å²) in [6, 6.07) is 16.6. The smallest absolute Gasteiger partial charge is 0.163 e. The summed E-state index contributed by atoms with van der Waals surface area (Å²) < 4.78 is 0. The number of rotatable bonds is 2. The summed E-state index contributed by atoms with van der Waals surface area (Å²) in [5.74, 6) is 1.38. The first-order chi connectivity index (χ1) is 9.79. The highest BCUT2D eigenvalue weighted by atomic mass is 15.3. The molecule has 2 heterocycles. The molecule has 2 atom stereocenters. The Kier molecular flexibility index (Phi) is 3.34. The molecule has 4 heteroatoms. The van der Waals surface area contributed by atoms with Gasteiger partial charge in [0.15, 0.2) is 11.5 Å². The predicted molar refractivity (Wildman–Crippen MR) is 77.4 cm³/mol. The van der Waals surface area contributed by atoms with Gasteiger partial charge in [0.1, 0.15) is 6.07 Å². The van der Waals surface area contributed by atoms with Gasteiger partial charge in [-0.15, -0.1) is 10.2 Å². The minimum Gasteiger partial charge on any atom is -0.352 e. The second kappa shape index (κ2) is 5.30. The quantitative estimate of drug-likeness (QED) is 0.837. The number of hydrogen-bond donors (Lipinski definition) is 0. The van der Waals surface area contributed by atoms with E-state index in [-0.39, 0.29) is 0 Å². The lowest BCUT2D eigenvalue weighted by atomic mass is 9.93. The fraction of sp³-hybridized carbons (Fsp3) is 0.312. The van der Waals surface area contributed by atoms with E-state index in [0.717, 1.165) is 18.8 Å². The van der Waals surface area contributed by atoms with Gasteiger partial charge in [0.25, 0.3) is 0 Å². The van der Waals surface area contributed by atoms with Crippen LogP contribution in [0.4, 0.5) is 5.82 Å². The molecule has 4 nitrogen and oxygen atoms in total. The Balaban J connectivity index is 1.81. The Morgan fingerprint density at radius 1 is 1.15 bits per heavy atom. The maximum Gasteiger partial charge on any atom is 0.163 e. The van der Waals surface area contributed by atoms with Crippen LogP contribution in [0.1, 0.15) is 30.5 Å². The number of benzene rings is 1. The number of anilines is 1. The van der Waals surface area contributed by atoms with Crippen LogP contribution in [0, 0.1) is 11.3 Å². The van der Waals surface area contributed by atoms with Gasteiger partial charge in [-0.1, -0.05) is 30.3 Å². The fourth-order valence-electron chi connectivity index (χ4n) is 2.95. The normalized spacial score (nSPS) is 21.7. The van der Waals surface area contributed by atoms with Gasteiger partial charge in [-0.05, 0) is 31.0 Å². The summed E-state index contributed by atoms with van der Waals surface area (Å²) >= 11 is 0. The molecule has 0 aliphatic carbocycles. The summed E-state index contributed by atoms with van der Waals surface area (Å²) in [6.45, 7) is 3.20. The summed E-state index contributed by atoms with van der Waals surface area (Å²) in [6.07, 6.45) is 1.12. The standard InChI is InChI=1S/C16H16N4/c1-12-15(13-5-3-2-4-6-13)9-10-20(12)16-8-7-14(11-17)18-19-16/h2-8,12,15H,9-10H2,1H3. The topological polar surface area (TPSA) is 52.8 Å². The van der Waals surface area contributed by atoms with Crippen LogP contribution in [0.3, 0.4) is 0 Å². The molecule has 2 aromatic rings. The highest BCUT2D eigenvalue weighted by Crippen LogP contribution is 2.35. The van der Waals surface area contributed by atoms with Gasteiger partial charge in [-0.2, -0.15) is 5.26 Å². The molecule has 1 saturated heterocycles. The van der Waals surface area contributed by atoms with E-state index < -0.39 is 0 Å². The zero-order valence-electron chi connectivity index (χ0n) is 11.4. The van der Waals surface area contributed by atoms with Gasteiger partial charge in [0.05, 0.1) is 0 Å². The minimum atomic E-state index is 0.361. The zero-order valence-corrected chi connectivity index (χ0v) is 11.4. The van der Waals surface area contributed by atoms with Crippen molar-refractivity contribution in [3.63, 3.8) is 0 Å². The van der Waals surface area contributed by atoms with Crippen molar-refractivity contribution in [2.75, 3.05) is 11.4 Å². The van der Waals surface area contributed by atoms with E-state index in [1.54, 1.807) is 6.07 Å². The Morgan fingerprint density at radius 3 is 2.60 bits per heavy atom. The highest BCUT2D eigenvalue weighted by molar-refractivity contribution is 5.43. The summed E-state index contributed by atoms with van der Waals surface area (Å²) in [5, 5.41) is 16.9. The molecular formula is C16H16N4. The van der Waals surface area contributed by atoms with Gasteiger partial charge < -0.3 is 4.90 Å². The van der Waals surface area contributed by atoms with E-state index >= 15 is 0 Å². The molecule has 2 unspecified atom stereocenters. The van der Waals surface area contributed by atoms with Gasteiger partial charge in [-0.25, -0.2) is 0 Å². The second-order valence-electron chi connectivity index (χ2n) is 5.13. The van der Waals surface area contributed by atoms with Crippen molar-refractivity contribution >= 4 is 5.82 Å². The van der Waals surface area contributed by atoms with Crippen molar-refractivity contribution in [1.82, 2.24) is 10.2 Å². The van der Waals surface area contributed by atoms with Crippen LogP contribution in [-0.4, -0.2) is 22.8 Å². The van der Waals surface area contributed by atoms with Crippen molar-refractivity contribution in [2.45, 2.75) is 25.3 Å². The zero-order chi connectivity index (χ0) is 13.9. The molecule has 1 fully saturated rings. The van der Waals surface area contributed by atoms with Gasteiger partial charge in [0, 0.05) is 18.5 Å². The Morgan fingerprint density at radius 2 is 1.95 bits per heavy atom. The molecule has 0 N–H and O–H groups in total. The molecule has 0 saturated carbocycles. The minimum absolute atomic E-state index is 0.361. The summed E-state index contributed by atoms with van der Waals surface area (Å²) in [5.41, 5.74) is 1.74. The van der Waals surface area contributed by atoms with Gasteiger partial charge >= 0.3 is 0 Å². The lowest BCUT2D eigenvalue weighted by Crippen LogP contribution is -2.30. The van der Waals surface area contributed by atoms with E-state index in [1.165, 1.54) is 5.56 Å². The van der Waals surface area contributed by atoms with E-state index in [1.807, 2.05) is 18.2 Å². The second-order valence-corrected chi connectivity index (χ2v) is 5.13. The maximum atomic E-state index is 8.77. The lowest BCUT2D eigenvalue weighted by molar-refractivity contribution is 0.630. The molecular weight excluding hydrogens is 248 g/mol. The van der Waals surface area contributed by atoms with Crippen molar-refractivity contribution < 1.29 is 0 Å². The van der Waals surface area contributed by atoms with Crippen molar-refractivity contribution in [1.29, 1.82) is 5.26 Å². The Labute approximate surface area is 118 Å². The van der Waals surface area contributed by atoms with Crippen LogP contribution in [0.5, 0.6) is 0 Å². The van der Waals surface area contributed by atoms with Crippen LogP contribution < -0.4 is 4.90 Å². The predicted octanol–water partition coefficient (Wildman–Crippen LogP) is 2.73. The Hall–Kier alpha value is -2.41. The van der Waals surface area contributed by atoms with Crippen LogP contribution in [-0.2, 0) is 0 Å². The third kappa shape index (κ3) is 2.23. The van der Waals surface area contributed by atoms with Crippen molar-refractivity contribution in [2.24, 2.45) is 0 Å². The fourth-order valence-corrected chi connectivity index (χ4v) is 2.95. The van der Waals surface area contributed by atoms with Gasteiger partial charge in [-0.3, -0.25) is 0 Å². The number of hydrogen-bond acceptors (Lipinski definition) is 4. The third-order valence-corrected chi connectivity index (χ3v) is 4.04. The van der Waals surface area contributed by atoms with Crippen LogP contribution >= 0.6 is 0 Å². The molecule has 1 aromatic heterocycles. The molecule has 0 spiro atoms. The number of nitriles is 1. The van der Waals surface area contributed by atoms with Gasteiger partial charge in [0.2, 0.25) is 0 Å². The third-order valence-electron chi connectivity index (χ3n) is 4.04. The summed E-state index contributed by atoms with van der Waals surface area (Å²) in [4.78, 5) is 2.27. The van der Waals surface area contributed by atoms with Crippen molar-refractivity contribution in [3.8, 4) is 6.07 Å². The molecule has 3 rings (SSSR count). The average Bonchev–Trinajstić information content (AvgIpc) is 2.90. The SMILES string of the molecule is CC1C(c2ccccc2)CCN1c1ccc(C#N)nn1. The molecule has 0 bridgehead atoms. The highest BCUT2D eigenvalue weighted by Gasteiger charge is 2.32. The molecule has 1 aliphatic heterocycles. The molecule has 0 radical (unpaired) electrons. The van der Waals surface area contributed by atoms with E-state index in [2.05, 4.69) is 46.3 Å². The molecule has 1 aromatic carbocycles. The molecule has 20 heavy (non-hydrogen) atoms. The lowest BCUT2D eigenvalue weighted by Gasteiger charge is -2.25. The molecule has 0 amide bonds. The first-order valence-corrected chi connectivity index (χ1v) is 6.85. The van der Waals surface area contributed by atoms with Crippen LogP contribution in [0.2, 0.25) is 0 Å². The van der Waals surface area contributed by atoms with E-state index in [0.29, 0.717) is 17.7 Å². The van der Waals surface area contributed by atoms with Crippen molar-refractivity contribution in [3.05, 3.63) is 53.7 Å². The average molecular weight is 264 g/mol. The first-order valence-electron chi connectivity index (χ1n) is 6.85. The number of nitrogens with zero attached hydrogens (tertiary/aromatic N) is 4.